The van der Waals surface area contributed by atoms with E-state index in [1.54, 1.807) is 0 Å². The molecular weight excluding hydrogens is 324 g/mol. The molecule has 24 heavy (non-hydrogen) atoms. The lowest BCUT2D eigenvalue weighted by molar-refractivity contribution is 0.0374. The summed E-state index contributed by atoms with van der Waals surface area (Å²) < 4.78 is 5.57. The van der Waals surface area contributed by atoms with Crippen molar-refractivity contribution in [3.63, 3.8) is 0 Å². The molecule has 1 aromatic carbocycles. The second kappa shape index (κ2) is 9.16. The van der Waals surface area contributed by atoms with Gasteiger partial charge in [0.1, 0.15) is 6.07 Å². The van der Waals surface area contributed by atoms with Gasteiger partial charge in [-0.25, -0.2) is 0 Å². The van der Waals surface area contributed by atoms with E-state index in [1.807, 2.05) is 62.4 Å². The molecule has 4 atom stereocenters. The van der Waals surface area contributed by atoms with Crippen molar-refractivity contribution in [1.82, 2.24) is 0 Å². The molecule has 0 aliphatic heterocycles. The summed E-state index contributed by atoms with van der Waals surface area (Å²) in [7, 11) is 0. The van der Waals surface area contributed by atoms with Crippen LogP contribution in [0.2, 0.25) is 0 Å². The van der Waals surface area contributed by atoms with Gasteiger partial charge in [-0.3, -0.25) is 4.79 Å². The Morgan fingerprint density at radius 3 is 2.71 bits per heavy atom. The summed E-state index contributed by atoms with van der Waals surface area (Å²) in [4.78, 5) is 12.3. The van der Waals surface area contributed by atoms with Crippen LogP contribution in [0.15, 0.2) is 54.1 Å². The molecule has 4 heteroatoms. The summed E-state index contributed by atoms with van der Waals surface area (Å²) in [5, 5.41) is 10.4. The third-order valence-electron chi connectivity index (χ3n) is 4.60. The minimum atomic E-state index is -0.547. The Morgan fingerprint density at radius 2 is 2.08 bits per heavy atom. The Kier molecular flexibility index (Phi) is 7.22. The SMILES string of the molecule is C/C=C\[C@@H]1[C@H]([C@@H](C)OCCl)C(CCC(=O)c2ccccc2)=C[C@H]1O. The summed E-state index contributed by atoms with van der Waals surface area (Å²) in [5.41, 5.74) is 1.80. The largest absolute Gasteiger partial charge is 0.388 e. The number of benzene rings is 1. The van der Waals surface area contributed by atoms with E-state index < -0.39 is 6.10 Å². The lowest BCUT2D eigenvalue weighted by Crippen LogP contribution is -2.29. The number of carbonyl (C=O) groups is 1. The van der Waals surface area contributed by atoms with Crippen molar-refractivity contribution < 1.29 is 14.6 Å². The number of carbonyl (C=O) groups excluding carboxylic acids is 1. The fraction of sp³-hybridized carbons (Fsp3) is 0.450. The first-order valence-electron chi connectivity index (χ1n) is 8.35. The number of allylic oxidation sites excluding steroid dienone is 1. The summed E-state index contributed by atoms with van der Waals surface area (Å²) >= 11 is 5.71. The summed E-state index contributed by atoms with van der Waals surface area (Å²) in [6, 6.07) is 9.42. The van der Waals surface area contributed by atoms with E-state index in [9.17, 15) is 9.90 Å². The first-order valence-corrected chi connectivity index (χ1v) is 8.89. The van der Waals surface area contributed by atoms with E-state index in [-0.39, 0.29) is 29.8 Å². The molecule has 1 aliphatic rings. The van der Waals surface area contributed by atoms with E-state index >= 15 is 0 Å². The highest BCUT2D eigenvalue weighted by atomic mass is 35.5. The quantitative estimate of drug-likeness (QED) is 0.431. The van der Waals surface area contributed by atoms with Crippen molar-refractivity contribution in [3.8, 4) is 0 Å². The molecule has 0 bridgehead atoms. The monoisotopic (exact) mass is 348 g/mol. The van der Waals surface area contributed by atoms with Crippen LogP contribution in [0.4, 0.5) is 0 Å². The fourth-order valence-corrected chi connectivity index (χ4v) is 3.65. The van der Waals surface area contributed by atoms with Crippen molar-refractivity contribution in [2.75, 3.05) is 6.07 Å². The van der Waals surface area contributed by atoms with E-state index in [0.717, 1.165) is 11.1 Å². The number of Topliss-reactive ketones (excluding diaryl/α,β-unsaturated/α-hetero) is 1. The highest BCUT2D eigenvalue weighted by Crippen LogP contribution is 2.39. The fourth-order valence-electron chi connectivity index (χ4n) is 3.45. The van der Waals surface area contributed by atoms with Crippen LogP contribution in [0.5, 0.6) is 0 Å². The zero-order valence-electron chi connectivity index (χ0n) is 14.2. The minimum Gasteiger partial charge on any atom is -0.388 e. The number of halogens is 1. The van der Waals surface area contributed by atoms with Crippen molar-refractivity contribution in [3.05, 3.63) is 59.7 Å². The first kappa shape index (κ1) is 18.9. The molecule has 1 N–H and O–H groups in total. The third-order valence-corrected chi connectivity index (χ3v) is 4.73. The number of ketones is 1. The lowest BCUT2D eigenvalue weighted by Gasteiger charge is -2.28. The zero-order valence-corrected chi connectivity index (χ0v) is 14.9. The van der Waals surface area contributed by atoms with Crippen LogP contribution < -0.4 is 0 Å². The van der Waals surface area contributed by atoms with Crippen molar-refractivity contribution in [2.24, 2.45) is 11.8 Å². The molecule has 1 aliphatic carbocycles. The molecule has 1 aromatic rings. The molecule has 0 unspecified atom stereocenters. The third kappa shape index (κ3) is 4.56. The van der Waals surface area contributed by atoms with Crippen LogP contribution >= 0.6 is 11.6 Å². The van der Waals surface area contributed by atoms with Gasteiger partial charge in [-0.2, -0.15) is 0 Å². The Balaban J connectivity index is 2.08. The molecule has 2 rings (SSSR count). The van der Waals surface area contributed by atoms with Gasteiger partial charge in [-0.1, -0.05) is 65.7 Å². The number of alkyl halides is 1. The molecule has 3 nitrogen and oxygen atoms in total. The number of ether oxygens (including phenoxy) is 1. The van der Waals surface area contributed by atoms with Gasteiger partial charge in [0, 0.05) is 23.8 Å². The van der Waals surface area contributed by atoms with Gasteiger partial charge in [-0.15, -0.1) is 0 Å². The number of rotatable bonds is 8. The summed E-state index contributed by atoms with van der Waals surface area (Å²) in [6.45, 7) is 3.90. The maximum atomic E-state index is 12.3. The maximum absolute atomic E-state index is 12.3. The van der Waals surface area contributed by atoms with Crippen molar-refractivity contribution >= 4 is 17.4 Å². The lowest BCUT2D eigenvalue weighted by atomic mass is 9.83. The van der Waals surface area contributed by atoms with E-state index in [1.165, 1.54) is 0 Å². The predicted octanol–water partition coefficient (Wildman–Crippen LogP) is 4.36. The van der Waals surface area contributed by atoms with E-state index in [0.29, 0.717) is 12.8 Å². The van der Waals surface area contributed by atoms with E-state index in [2.05, 4.69) is 0 Å². The molecule has 0 spiro atoms. The molecule has 0 saturated heterocycles. The Bertz CT molecular complexity index is 594. The number of hydrogen-bond acceptors (Lipinski definition) is 3. The highest BCUT2D eigenvalue weighted by Gasteiger charge is 2.38. The number of aliphatic hydroxyl groups excluding tert-OH is 1. The normalized spacial score (nSPS) is 25.0. The summed E-state index contributed by atoms with van der Waals surface area (Å²) in [6.07, 6.45) is 6.22. The van der Waals surface area contributed by atoms with Crippen LogP contribution in [0, 0.1) is 11.8 Å². The van der Waals surface area contributed by atoms with Crippen molar-refractivity contribution in [1.29, 1.82) is 0 Å². The van der Waals surface area contributed by atoms with E-state index in [4.69, 9.17) is 16.3 Å². The molecule has 0 amide bonds. The molecule has 0 heterocycles. The molecule has 0 radical (unpaired) electrons. The maximum Gasteiger partial charge on any atom is 0.163 e. The van der Waals surface area contributed by atoms with Gasteiger partial charge < -0.3 is 9.84 Å². The van der Waals surface area contributed by atoms with Crippen molar-refractivity contribution in [2.45, 2.75) is 38.9 Å². The van der Waals surface area contributed by atoms with Crippen LogP contribution in [-0.4, -0.2) is 29.2 Å². The number of hydrogen-bond donors (Lipinski definition) is 1. The van der Waals surface area contributed by atoms with Gasteiger partial charge in [0.2, 0.25) is 0 Å². The zero-order chi connectivity index (χ0) is 17.5. The van der Waals surface area contributed by atoms with Gasteiger partial charge in [0.25, 0.3) is 0 Å². The van der Waals surface area contributed by atoms with Crippen LogP contribution in [0.3, 0.4) is 0 Å². The van der Waals surface area contributed by atoms with Gasteiger partial charge in [-0.05, 0) is 20.3 Å². The second-order valence-electron chi connectivity index (χ2n) is 6.13. The second-order valence-corrected chi connectivity index (χ2v) is 6.35. The average Bonchev–Trinajstić information content (AvgIpc) is 2.90. The van der Waals surface area contributed by atoms with Crippen LogP contribution in [0.25, 0.3) is 0 Å². The molecule has 0 fully saturated rings. The smallest absolute Gasteiger partial charge is 0.163 e. The van der Waals surface area contributed by atoms with Gasteiger partial charge in [0.05, 0.1) is 12.2 Å². The molecule has 0 saturated carbocycles. The summed E-state index contributed by atoms with van der Waals surface area (Å²) in [5.74, 6) is 0.124. The minimum absolute atomic E-state index is 0.0324. The average molecular weight is 349 g/mol. The van der Waals surface area contributed by atoms with Crippen LogP contribution in [-0.2, 0) is 4.74 Å². The first-order chi connectivity index (χ1) is 11.6. The number of aliphatic hydroxyl groups is 1. The standard InChI is InChI=1S/C20H25ClO3/c1-3-7-17-19(23)12-16(20(17)14(2)24-13-21)10-11-18(22)15-8-5-4-6-9-15/h3-9,12,14,17,19-20,23H,10-11,13H2,1-2H3/b7-3-/t14-,17+,19-,20-/m1/s1. The van der Waals surface area contributed by atoms with Crippen LogP contribution in [0.1, 0.15) is 37.0 Å². The topological polar surface area (TPSA) is 46.5 Å². The Labute approximate surface area is 149 Å². The molecular formula is C20H25ClO3. The Hall–Kier alpha value is -1.42. The molecule has 130 valence electrons. The Morgan fingerprint density at radius 1 is 1.38 bits per heavy atom. The molecule has 0 aromatic heterocycles. The predicted molar refractivity (Wildman–Crippen MR) is 97.2 cm³/mol. The highest BCUT2D eigenvalue weighted by molar-refractivity contribution is 6.17. The van der Waals surface area contributed by atoms with Gasteiger partial charge >= 0.3 is 0 Å². The van der Waals surface area contributed by atoms with Gasteiger partial charge in [0.15, 0.2) is 5.78 Å².